The van der Waals surface area contributed by atoms with E-state index in [9.17, 15) is 14.7 Å². The van der Waals surface area contributed by atoms with Crippen molar-refractivity contribution in [2.24, 2.45) is 0 Å². The molecule has 0 fully saturated rings. The van der Waals surface area contributed by atoms with Crippen LogP contribution in [0.4, 0.5) is 0 Å². The van der Waals surface area contributed by atoms with E-state index in [0.29, 0.717) is 33.8 Å². The highest BCUT2D eigenvalue weighted by molar-refractivity contribution is 6.04. The molecule has 158 valence electrons. The van der Waals surface area contributed by atoms with E-state index in [1.807, 2.05) is 20.8 Å². The zero-order chi connectivity index (χ0) is 22.3. The molecule has 1 N–H and O–H groups in total. The maximum atomic E-state index is 12.5. The second kappa shape index (κ2) is 7.47. The molecule has 1 aliphatic heterocycles. The van der Waals surface area contributed by atoms with Crippen LogP contribution in [0, 0.1) is 0 Å². The Balaban J connectivity index is 1.97. The maximum absolute atomic E-state index is 12.5. The first-order valence-corrected chi connectivity index (χ1v) is 9.77. The molecule has 6 nitrogen and oxygen atoms in total. The highest BCUT2D eigenvalue weighted by atomic mass is 16.6. The average Bonchev–Trinajstić information content (AvgIpc) is 2.70. The van der Waals surface area contributed by atoms with Gasteiger partial charge in [-0.05, 0) is 63.2 Å². The molecule has 0 bridgehead atoms. The quantitative estimate of drug-likeness (QED) is 0.362. The van der Waals surface area contributed by atoms with E-state index in [1.54, 1.807) is 36.4 Å². The first kappa shape index (κ1) is 20.5. The Kier molecular flexibility index (Phi) is 4.93. The molecule has 0 saturated carbocycles. The largest absolute Gasteiger partial charge is 0.508 e. The summed E-state index contributed by atoms with van der Waals surface area (Å²) in [5.41, 5.74) is 2.17. The van der Waals surface area contributed by atoms with E-state index < -0.39 is 11.6 Å². The number of phenolic OH excluding ortho intramolecular Hbond substituents is 1. The van der Waals surface area contributed by atoms with Crippen molar-refractivity contribution in [3.63, 3.8) is 0 Å². The fourth-order valence-electron chi connectivity index (χ4n) is 3.51. The van der Waals surface area contributed by atoms with Crippen LogP contribution in [-0.4, -0.2) is 23.8 Å². The minimum absolute atomic E-state index is 0.0482. The fraction of sp³-hybridized carbons (Fsp3) is 0.200. The number of carbonyl (C=O) groups is 1. The number of ether oxygens (including phenoxy) is 2. The van der Waals surface area contributed by atoms with Gasteiger partial charge in [-0.3, -0.25) is 4.79 Å². The number of methoxy groups -OCH3 is 1. The summed E-state index contributed by atoms with van der Waals surface area (Å²) in [6.45, 7) is 5.42. The molecular weight excluding hydrogens is 396 g/mol. The second-order valence-electron chi connectivity index (χ2n) is 8.23. The van der Waals surface area contributed by atoms with Crippen LogP contribution in [-0.2, 0) is 4.74 Å². The van der Waals surface area contributed by atoms with Crippen LogP contribution in [0.25, 0.3) is 33.4 Å². The van der Waals surface area contributed by atoms with E-state index in [4.69, 9.17) is 13.9 Å². The number of rotatable bonds is 3. The summed E-state index contributed by atoms with van der Waals surface area (Å²) in [5, 5.41) is 10.6. The first-order valence-electron chi connectivity index (χ1n) is 9.77. The van der Waals surface area contributed by atoms with Crippen molar-refractivity contribution < 1.29 is 23.8 Å². The van der Waals surface area contributed by atoms with Crippen LogP contribution in [0.1, 0.15) is 31.1 Å². The minimum atomic E-state index is -0.617. The van der Waals surface area contributed by atoms with Gasteiger partial charge < -0.3 is 19.0 Å². The molecule has 31 heavy (non-hydrogen) atoms. The van der Waals surface area contributed by atoms with Gasteiger partial charge >= 0.3 is 5.97 Å². The Morgan fingerprint density at radius 3 is 2.42 bits per heavy atom. The number of carbonyl (C=O) groups excluding carboxylic acids is 1. The third-order valence-corrected chi connectivity index (χ3v) is 4.78. The zero-order valence-corrected chi connectivity index (χ0v) is 17.7. The second-order valence-corrected chi connectivity index (χ2v) is 8.23. The first-order chi connectivity index (χ1) is 14.7. The Morgan fingerprint density at radius 1 is 0.968 bits per heavy atom. The molecule has 0 spiro atoms. The molecule has 6 heteroatoms. The van der Waals surface area contributed by atoms with E-state index in [1.165, 1.54) is 25.3 Å². The van der Waals surface area contributed by atoms with Crippen LogP contribution in [0.5, 0.6) is 11.5 Å². The topological polar surface area (TPSA) is 86.0 Å². The van der Waals surface area contributed by atoms with Crippen molar-refractivity contribution >= 4 is 16.9 Å². The van der Waals surface area contributed by atoms with Crippen molar-refractivity contribution in [3.05, 3.63) is 70.4 Å². The summed E-state index contributed by atoms with van der Waals surface area (Å²) in [7, 11) is 1.52. The monoisotopic (exact) mass is 418 g/mol. The molecule has 0 radical (unpaired) electrons. The van der Waals surface area contributed by atoms with Crippen LogP contribution < -0.4 is 10.2 Å². The number of benzene rings is 3. The van der Waals surface area contributed by atoms with Crippen molar-refractivity contribution in [3.8, 4) is 33.9 Å². The summed E-state index contributed by atoms with van der Waals surface area (Å²) in [5.74, 6) is 0.457. The van der Waals surface area contributed by atoms with Crippen molar-refractivity contribution in [1.82, 2.24) is 0 Å². The number of fused-ring (bicyclic) bond motifs is 2. The molecule has 0 atom stereocenters. The number of hydrogen-bond donors (Lipinski definition) is 1. The molecule has 2 aromatic carbocycles. The number of phenols is 1. The van der Waals surface area contributed by atoms with Crippen molar-refractivity contribution in [2.45, 2.75) is 26.4 Å². The van der Waals surface area contributed by atoms with Gasteiger partial charge in [-0.25, -0.2) is 4.79 Å². The number of hydrogen-bond acceptors (Lipinski definition) is 6. The minimum Gasteiger partial charge on any atom is -0.508 e. The summed E-state index contributed by atoms with van der Waals surface area (Å²) >= 11 is 0. The SMILES string of the molecule is COc1cc(C(=O)OC(C)(C)C)ccc1-c1c2ccc(=O)cc-2oc2cc(O)ccc12. The lowest BCUT2D eigenvalue weighted by atomic mass is 9.92. The number of aromatic hydroxyl groups is 1. The van der Waals surface area contributed by atoms with Gasteiger partial charge in [0.25, 0.3) is 0 Å². The summed E-state index contributed by atoms with van der Waals surface area (Å²) in [6.07, 6.45) is 0. The Bertz CT molecular complexity index is 1330. The molecule has 0 amide bonds. The normalized spacial score (nSPS) is 11.6. The molecule has 4 rings (SSSR count). The van der Waals surface area contributed by atoms with E-state index in [0.717, 1.165) is 10.9 Å². The zero-order valence-electron chi connectivity index (χ0n) is 17.7. The molecule has 1 aliphatic carbocycles. The Morgan fingerprint density at radius 2 is 1.71 bits per heavy atom. The summed E-state index contributed by atoms with van der Waals surface area (Å²) < 4.78 is 17.0. The smallest absolute Gasteiger partial charge is 0.338 e. The lowest BCUT2D eigenvalue weighted by Gasteiger charge is -2.20. The molecule has 0 unspecified atom stereocenters. The standard InChI is InChI=1S/C25H22O6/c1-25(2,3)31-24(28)14-5-8-17(20(11-14)29-4)23-18-9-6-15(26)12-21(18)30-22-13-16(27)7-10-19(22)23/h5-13,26H,1-4H3. The van der Waals surface area contributed by atoms with E-state index >= 15 is 0 Å². The lowest BCUT2D eigenvalue weighted by molar-refractivity contribution is 0.00692. The average molecular weight is 418 g/mol. The van der Waals surface area contributed by atoms with Gasteiger partial charge in [0.1, 0.15) is 28.4 Å². The van der Waals surface area contributed by atoms with Crippen LogP contribution in [0.3, 0.4) is 0 Å². The Labute approximate surface area is 179 Å². The van der Waals surface area contributed by atoms with E-state index in [2.05, 4.69) is 0 Å². The van der Waals surface area contributed by atoms with Gasteiger partial charge in [-0.15, -0.1) is 0 Å². The third-order valence-electron chi connectivity index (χ3n) is 4.78. The number of esters is 1. The highest BCUT2D eigenvalue weighted by Crippen LogP contribution is 2.44. The summed E-state index contributed by atoms with van der Waals surface area (Å²) in [6, 6.07) is 14.5. The van der Waals surface area contributed by atoms with Crippen LogP contribution in [0.2, 0.25) is 0 Å². The third kappa shape index (κ3) is 3.97. The molecule has 1 heterocycles. The lowest BCUT2D eigenvalue weighted by Crippen LogP contribution is -2.23. The highest BCUT2D eigenvalue weighted by Gasteiger charge is 2.23. The molecule has 2 aliphatic rings. The summed E-state index contributed by atoms with van der Waals surface area (Å²) in [4.78, 5) is 24.4. The molecule has 0 aromatic heterocycles. The molecule has 0 saturated heterocycles. The van der Waals surface area contributed by atoms with Gasteiger partial charge in [0.2, 0.25) is 0 Å². The van der Waals surface area contributed by atoms with Crippen LogP contribution in [0.15, 0.2) is 63.8 Å². The van der Waals surface area contributed by atoms with Gasteiger partial charge in [0.15, 0.2) is 5.43 Å². The van der Waals surface area contributed by atoms with Crippen LogP contribution >= 0.6 is 0 Å². The fourth-order valence-corrected chi connectivity index (χ4v) is 3.51. The van der Waals surface area contributed by atoms with Gasteiger partial charge in [0, 0.05) is 34.2 Å². The van der Waals surface area contributed by atoms with E-state index in [-0.39, 0.29) is 11.2 Å². The Hall–Kier alpha value is -3.80. The predicted octanol–water partition coefficient (Wildman–Crippen LogP) is 5.23. The molecular formula is C25H22O6. The molecule has 2 aromatic rings. The van der Waals surface area contributed by atoms with Gasteiger partial charge in [-0.2, -0.15) is 0 Å². The van der Waals surface area contributed by atoms with Crippen molar-refractivity contribution in [2.75, 3.05) is 7.11 Å². The van der Waals surface area contributed by atoms with Crippen molar-refractivity contribution in [1.29, 1.82) is 0 Å². The predicted molar refractivity (Wildman–Crippen MR) is 118 cm³/mol. The van der Waals surface area contributed by atoms with Gasteiger partial charge in [-0.1, -0.05) is 0 Å². The maximum Gasteiger partial charge on any atom is 0.338 e. The van der Waals surface area contributed by atoms with Gasteiger partial charge in [0.05, 0.1) is 12.7 Å².